The molecule has 0 aliphatic carbocycles. The van der Waals surface area contributed by atoms with Crippen LogP contribution in [0.2, 0.25) is 0 Å². The number of nitrogens with one attached hydrogen (secondary N) is 1. The maximum atomic E-state index is 5.78. The fraction of sp³-hybridized carbons (Fsp3) is 0.533. The summed E-state index contributed by atoms with van der Waals surface area (Å²) in [6.45, 7) is 7.61. The number of hydrogen-bond donors (Lipinski definition) is 2. The topological polar surface area (TPSA) is 59.6 Å². The van der Waals surface area contributed by atoms with E-state index < -0.39 is 0 Å². The molecule has 0 aromatic heterocycles. The highest BCUT2D eigenvalue weighted by atomic mass is 127. The summed E-state index contributed by atoms with van der Waals surface area (Å²) >= 11 is 0. The molecule has 4 nitrogen and oxygen atoms in total. The molecule has 0 bridgehead atoms. The maximum absolute atomic E-state index is 5.78. The minimum absolute atomic E-state index is 0. The quantitative estimate of drug-likeness (QED) is 0.325. The third-order valence-corrected chi connectivity index (χ3v) is 2.68. The molecule has 1 rings (SSSR count). The Morgan fingerprint density at radius 2 is 2.20 bits per heavy atom. The highest BCUT2D eigenvalue weighted by molar-refractivity contribution is 14.0. The van der Waals surface area contributed by atoms with E-state index in [-0.39, 0.29) is 30.1 Å². The number of guanidine groups is 1. The zero-order valence-corrected chi connectivity index (χ0v) is 14.9. The Balaban J connectivity index is 0.00000361. The molecule has 0 radical (unpaired) electrons. The molecule has 3 N–H and O–H groups in total. The lowest BCUT2D eigenvalue weighted by Crippen LogP contribution is -2.33. The summed E-state index contributed by atoms with van der Waals surface area (Å²) in [7, 11) is 0. The number of rotatable bonds is 7. The number of aryl methyl sites for hydroxylation is 1. The van der Waals surface area contributed by atoms with E-state index in [1.165, 1.54) is 5.56 Å². The predicted octanol–water partition coefficient (Wildman–Crippen LogP) is 3.08. The Morgan fingerprint density at radius 3 is 2.85 bits per heavy atom. The zero-order chi connectivity index (χ0) is 14.1. The van der Waals surface area contributed by atoms with Crippen molar-refractivity contribution in [3.8, 4) is 5.75 Å². The second-order valence-electron chi connectivity index (χ2n) is 4.75. The van der Waals surface area contributed by atoms with Gasteiger partial charge in [-0.3, -0.25) is 0 Å². The molecular formula is C15H26IN3O. The number of benzene rings is 1. The van der Waals surface area contributed by atoms with Crippen LogP contribution in [-0.4, -0.2) is 25.2 Å². The molecule has 114 valence electrons. The predicted molar refractivity (Wildman–Crippen MR) is 96.1 cm³/mol. The van der Waals surface area contributed by atoms with Gasteiger partial charge >= 0.3 is 0 Å². The van der Waals surface area contributed by atoms with Crippen molar-refractivity contribution >= 4 is 29.9 Å². The van der Waals surface area contributed by atoms with Gasteiger partial charge in [0.2, 0.25) is 0 Å². The first-order chi connectivity index (χ1) is 9.11. The molecule has 1 aromatic carbocycles. The summed E-state index contributed by atoms with van der Waals surface area (Å²) < 4.78 is 5.78. The van der Waals surface area contributed by atoms with Crippen molar-refractivity contribution in [2.45, 2.75) is 39.7 Å². The fourth-order valence-corrected chi connectivity index (χ4v) is 1.63. The van der Waals surface area contributed by atoms with E-state index in [0.717, 1.165) is 25.1 Å². The molecule has 0 aliphatic heterocycles. The lowest BCUT2D eigenvalue weighted by atomic mass is 10.2. The first-order valence-corrected chi connectivity index (χ1v) is 6.89. The van der Waals surface area contributed by atoms with Gasteiger partial charge in [-0.2, -0.15) is 0 Å². The van der Waals surface area contributed by atoms with Crippen molar-refractivity contribution in [3.63, 3.8) is 0 Å². The molecule has 1 unspecified atom stereocenters. The van der Waals surface area contributed by atoms with Crippen LogP contribution in [0.3, 0.4) is 0 Å². The maximum Gasteiger partial charge on any atom is 0.188 e. The van der Waals surface area contributed by atoms with Gasteiger partial charge in [0.25, 0.3) is 0 Å². The Bertz CT molecular complexity index is 410. The smallest absolute Gasteiger partial charge is 0.188 e. The van der Waals surface area contributed by atoms with Gasteiger partial charge in [-0.15, -0.1) is 24.0 Å². The van der Waals surface area contributed by atoms with Crippen molar-refractivity contribution in [1.82, 2.24) is 5.32 Å². The van der Waals surface area contributed by atoms with Crippen molar-refractivity contribution in [1.29, 1.82) is 0 Å². The summed E-state index contributed by atoms with van der Waals surface area (Å²) in [6.07, 6.45) is 2.26. The molecule has 20 heavy (non-hydrogen) atoms. The van der Waals surface area contributed by atoms with Gasteiger partial charge in [-0.25, -0.2) is 4.99 Å². The van der Waals surface area contributed by atoms with Crippen molar-refractivity contribution < 1.29 is 4.74 Å². The van der Waals surface area contributed by atoms with E-state index in [2.05, 4.69) is 17.2 Å². The van der Waals surface area contributed by atoms with E-state index in [4.69, 9.17) is 10.5 Å². The largest absolute Gasteiger partial charge is 0.489 e. The molecule has 0 saturated carbocycles. The zero-order valence-electron chi connectivity index (χ0n) is 12.6. The fourth-order valence-electron chi connectivity index (χ4n) is 1.63. The Hall–Kier alpha value is -0.980. The van der Waals surface area contributed by atoms with Gasteiger partial charge in [0.15, 0.2) is 5.96 Å². The lowest BCUT2D eigenvalue weighted by Gasteiger charge is -2.13. The Kier molecular flexibility index (Phi) is 10.2. The SMILES string of the molecule is CCCCNC(N)=NCC(C)Oc1cccc(C)c1.I. The van der Waals surface area contributed by atoms with Crippen LogP contribution in [0, 0.1) is 6.92 Å². The van der Waals surface area contributed by atoms with E-state index in [0.29, 0.717) is 12.5 Å². The number of aliphatic imine (C=N–C) groups is 1. The molecule has 0 amide bonds. The van der Waals surface area contributed by atoms with Crippen LogP contribution < -0.4 is 15.8 Å². The van der Waals surface area contributed by atoms with E-state index in [1.807, 2.05) is 38.1 Å². The van der Waals surface area contributed by atoms with E-state index >= 15 is 0 Å². The number of unbranched alkanes of at least 4 members (excludes halogenated alkanes) is 1. The van der Waals surface area contributed by atoms with Crippen LogP contribution in [0.1, 0.15) is 32.3 Å². The molecule has 0 spiro atoms. The van der Waals surface area contributed by atoms with E-state index in [9.17, 15) is 0 Å². The standard InChI is InChI=1S/C15H25N3O.HI/c1-4-5-9-17-15(16)18-11-13(3)19-14-8-6-7-12(2)10-14;/h6-8,10,13H,4-5,9,11H2,1-3H3,(H3,16,17,18);1H. The summed E-state index contributed by atoms with van der Waals surface area (Å²) in [4.78, 5) is 4.27. The summed E-state index contributed by atoms with van der Waals surface area (Å²) in [5.74, 6) is 1.37. The van der Waals surface area contributed by atoms with Crippen LogP contribution in [0.25, 0.3) is 0 Å². The highest BCUT2D eigenvalue weighted by Gasteiger charge is 2.03. The van der Waals surface area contributed by atoms with Crippen LogP contribution >= 0.6 is 24.0 Å². The van der Waals surface area contributed by atoms with Gasteiger partial charge in [-0.1, -0.05) is 25.5 Å². The summed E-state index contributed by atoms with van der Waals surface area (Å²) in [6, 6.07) is 8.01. The number of nitrogens with two attached hydrogens (primary N) is 1. The van der Waals surface area contributed by atoms with Crippen LogP contribution in [0.15, 0.2) is 29.3 Å². The van der Waals surface area contributed by atoms with E-state index in [1.54, 1.807) is 0 Å². The minimum Gasteiger partial charge on any atom is -0.489 e. The molecule has 0 heterocycles. The van der Waals surface area contributed by atoms with Crippen LogP contribution in [0.4, 0.5) is 0 Å². The Labute approximate surface area is 139 Å². The third-order valence-electron chi connectivity index (χ3n) is 2.68. The monoisotopic (exact) mass is 391 g/mol. The van der Waals surface area contributed by atoms with Crippen LogP contribution in [-0.2, 0) is 0 Å². The third kappa shape index (κ3) is 8.24. The minimum atomic E-state index is 0. The van der Waals surface area contributed by atoms with Gasteiger partial charge in [-0.05, 0) is 38.0 Å². The first-order valence-electron chi connectivity index (χ1n) is 6.89. The van der Waals surface area contributed by atoms with Gasteiger partial charge in [0, 0.05) is 6.54 Å². The van der Waals surface area contributed by atoms with Gasteiger partial charge in [0.05, 0.1) is 6.54 Å². The number of hydrogen-bond acceptors (Lipinski definition) is 2. The highest BCUT2D eigenvalue weighted by Crippen LogP contribution is 2.14. The van der Waals surface area contributed by atoms with Gasteiger partial charge in [0.1, 0.15) is 11.9 Å². The molecule has 1 atom stereocenters. The van der Waals surface area contributed by atoms with Crippen molar-refractivity contribution in [3.05, 3.63) is 29.8 Å². The lowest BCUT2D eigenvalue weighted by molar-refractivity contribution is 0.230. The average molecular weight is 391 g/mol. The molecular weight excluding hydrogens is 365 g/mol. The first kappa shape index (κ1) is 19.0. The summed E-state index contributed by atoms with van der Waals surface area (Å²) in [5, 5.41) is 3.08. The Morgan fingerprint density at radius 1 is 1.45 bits per heavy atom. The molecule has 0 aliphatic rings. The number of nitrogens with zero attached hydrogens (tertiary/aromatic N) is 1. The van der Waals surface area contributed by atoms with Crippen molar-refractivity contribution in [2.24, 2.45) is 10.7 Å². The van der Waals surface area contributed by atoms with Gasteiger partial charge < -0.3 is 15.8 Å². The second-order valence-corrected chi connectivity index (χ2v) is 4.75. The summed E-state index contributed by atoms with van der Waals surface area (Å²) in [5.41, 5.74) is 6.95. The molecule has 5 heteroatoms. The van der Waals surface area contributed by atoms with Crippen LogP contribution in [0.5, 0.6) is 5.75 Å². The van der Waals surface area contributed by atoms with Crippen molar-refractivity contribution in [2.75, 3.05) is 13.1 Å². The molecule has 0 saturated heterocycles. The number of halogens is 1. The normalized spacial score (nSPS) is 12.4. The average Bonchev–Trinajstić information content (AvgIpc) is 2.37. The molecule has 1 aromatic rings. The second kappa shape index (κ2) is 10.8. The number of ether oxygens (including phenoxy) is 1. The molecule has 0 fully saturated rings.